The third kappa shape index (κ3) is 2.45. The Morgan fingerprint density at radius 2 is 2.10 bits per heavy atom. The number of rotatable bonds is 2. The quantitative estimate of drug-likeness (QED) is 0.627. The maximum Gasteiger partial charge on any atom is 0.246 e. The molecule has 1 aromatic rings. The van der Waals surface area contributed by atoms with E-state index in [9.17, 15) is 12.8 Å². The van der Waals surface area contributed by atoms with E-state index in [1.54, 1.807) is 0 Å². The molecule has 8 heteroatoms. The highest BCUT2D eigenvalue weighted by Gasteiger charge is 2.42. The van der Waals surface area contributed by atoms with Gasteiger partial charge in [0.25, 0.3) is 0 Å². The Balaban J connectivity index is 2.62. The molecule has 0 aliphatic carbocycles. The zero-order chi connectivity index (χ0) is 15.3. The van der Waals surface area contributed by atoms with Crippen molar-refractivity contribution in [3.8, 4) is 0 Å². The first-order chi connectivity index (χ1) is 9.09. The van der Waals surface area contributed by atoms with Crippen molar-refractivity contribution < 1.29 is 12.8 Å². The Morgan fingerprint density at radius 1 is 1.50 bits per heavy atom. The maximum atomic E-state index is 14.2. The first kappa shape index (κ1) is 16.0. The second kappa shape index (κ2) is 5.12. The van der Waals surface area contributed by atoms with Crippen molar-refractivity contribution in [2.75, 3.05) is 12.3 Å². The predicted octanol–water partition coefficient (Wildman–Crippen LogP) is 3.39. The van der Waals surface area contributed by atoms with Crippen LogP contribution in [0.5, 0.6) is 0 Å². The zero-order valence-corrected chi connectivity index (χ0v) is 14.2. The summed E-state index contributed by atoms with van der Waals surface area (Å²) in [6, 6.07) is 1.10. The lowest BCUT2D eigenvalue weighted by Gasteiger charge is -2.30. The molecule has 0 saturated carbocycles. The van der Waals surface area contributed by atoms with Crippen molar-refractivity contribution in [2.45, 2.75) is 37.1 Å². The van der Waals surface area contributed by atoms with E-state index in [1.807, 2.05) is 13.8 Å². The molecule has 4 nitrogen and oxygen atoms in total. The summed E-state index contributed by atoms with van der Waals surface area (Å²) >= 11 is 8.93. The highest BCUT2D eigenvalue weighted by Crippen LogP contribution is 2.39. The van der Waals surface area contributed by atoms with E-state index in [1.165, 1.54) is 4.31 Å². The molecule has 1 saturated heterocycles. The molecule has 2 rings (SSSR count). The summed E-state index contributed by atoms with van der Waals surface area (Å²) in [6.07, 6.45) is 1.47. The van der Waals surface area contributed by atoms with E-state index >= 15 is 0 Å². The van der Waals surface area contributed by atoms with Gasteiger partial charge < -0.3 is 5.73 Å². The minimum atomic E-state index is -3.97. The fourth-order valence-electron chi connectivity index (χ4n) is 2.43. The third-order valence-electron chi connectivity index (χ3n) is 3.55. The molecule has 1 aromatic carbocycles. The van der Waals surface area contributed by atoms with Gasteiger partial charge in [0.15, 0.2) is 5.82 Å². The average Bonchev–Trinajstić information content (AvgIpc) is 2.71. The topological polar surface area (TPSA) is 63.4 Å². The highest BCUT2D eigenvalue weighted by molar-refractivity contribution is 9.10. The molecule has 0 aromatic heterocycles. The van der Waals surface area contributed by atoms with Crippen molar-refractivity contribution in [3.63, 3.8) is 0 Å². The fourth-order valence-corrected chi connectivity index (χ4v) is 4.95. The van der Waals surface area contributed by atoms with E-state index in [2.05, 4.69) is 15.9 Å². The molecule has 2 N–H and O–H groups in total. The molecule has 1 aliphatic rings. The van der Waals surface area contributed by atoms with Gasteiger partial charge in [-0.05, 0) is 48.7 Å². The summed E-state index contributed by atoms with van der Waals surface area (Å²) < 4.78 is 41.0. The van der Waals surface area contributed by atoms with E-state index in [-0.39, 0.29) is 15.2 Å². The largest absolute Gasteiger partial charge is 0.395 e. The molecule has 1 fully saturated rings. The van der Waals surface area contributed by atoms with Crippen molar-refractivity contribution >= 4 is 43.2 Å². The van der Waals surface area contributed by atoms with Crippen LogP contribution in [0.2, 0.25) is 5.02 Å². The van der Waals surface area contributed by atoms with Crippen LogP contribution in [-0.4, -0.2) is 24.8 Å². The maximum absolute atomic E-state index is 14.2. The zero-order valence-electron chi connectivity index (χ0n) is 11.1. The highest BCUT2D eigenvalue weighted by atomic mass is 79.9. The van der Waals surface area contributed by atoms with Crippen LogP contribution >= 0.6 is 27.5 Å². The van der Waals surface area contributed by atoms with Crippen molar-refractivity contribution in [2.24, 2.45) is 0 Å². The van der Waals surface area contributed by atoms with Crippen molar-refractivity contribution in [1.29, 1.82) is 0 Å². The normalized spacial score (nSPS) is 19.4. The first-order valence-electron chi connectivity index (χ1n) is 6.05. The second-order valence-electron chi connectivity index (χ2n) is 5.39. The Hall–Kier alpha value is -0.370. The average molecular weight is 386 g/mol. The molecule has 1 heterocycles. The van der Waals surface area contributed by atoms with Gasteiger partial charge in [0.1, 0.15) is 4.90 Å². The number of anilines is 1. The lowest BCUT2D eigenvalue weighted by molar-refractivity contribution is 0.290. The minimum absolute atomic E-state index is 0.0690. The summed E-state index contributed by atoms with van der Waals surface area (Å²) in [5.74, 6) is -0.969. The van der Waals surface area contributed by atoms with Gasteiger partial charge in [0.2, 0.25) is 10.0 Å². The van der Waals surface area contributed by atoms with Crippen molar-refractivity contribution in [3.05, 3.63) is 21.4 Å². The van der Waals surface area contributed by atoms with Crippen molar-refractivity contribution in [1.82, 2.24) is 4.31 Å². The first-order valence-corrected chi connectivity index (χ1v) is 8.66. The summed E-state index contributed by atoms with van der Waals surface area (Å²) in [7, 11) is -3.97. The molecule has 0 amide bonds. The Kier molecular flexibility index (Phi) is 4.10. The summed E-state index contributed by atoms with van der Waals surface area (Å²) in [6.45, 7) is 4.00. The van der Waals surface area contributed by atoms with Gasteiger partial charge in [0.05, 0.1) is 15.2 Å². The van der Waals surface area contributed by atoms with Crippen LogP contribution in [0.25, 0.3) is 0 Å². The van der Waals surface area contributed by atoms with Gasteiger partial charge in [-0.1, -0.05) is 11.6 Å². The predicted molar refractivity (Wildman–Crippen MR) is 80.7 cm³/mol. The van der Waals surface area contributed by atoms with Crippen LogP contribution in [0.4, 0.5) is 10.1 Å². The smallest absolute Gasteiger partial charge is 0.246 e. The number of benzene rings is 1. The van der Waals surface area contributed by atoms with Crippen LogP contribution in [0.3, 0.4) is 0 Å². The Labute approximate surface area is 131 Å². The van der Waals surface area contributed by atoms with E-state index < -0.39 is 26.3 Å². The minimum Gasteiger partial charge on any atom is -0.395 e. The monoisotopic (exact) mass is 384 g/mol. The summed E-state index contributed by atoms with van der Waals surface area (Å²) in [5, 5.41) is 0.0690. The third-order valence-corrected chi connectivity index (χ3v) is 7.04. The standard InChI is InChI=1S/C12H15BrClFN2O2S/c1-12(2)4-3-5-17(12)20(18,19)8-6-7(14)9(13)11(16)10(8)15/h6H,3-5,16H2,1-2H3. The molecule has 0 radical (unpaired) electrons. The van der Waals surface area contributed by atoms with Crippen LogP contribution in [0.15, 0.2) is 15.4 Å². The molecule has 112 valence electrons. The van der Waals surface area contributed by atoms with Crippen LogP contribution < -0.4 is 5.73 Å². The van der Waals surface area contributed by atoms with Gasteiger partial charge in [-0.15, -0.1) is 0 Å². The number of nitrogen functional groups attached to an aromatic ring is 1. The number of nitrogens with two attached hydrogens (primary N) is 1. The van der Waals surface area contributed by atoms with E-state index in [0.717, 1.165) is 18.9 Å². The van der Waals surface area contributed by atoms with Gasteiger partial charge in [-0.2, -0.15) is 4.31 Å². The fraction of sp³-hybridized carbons (Fsp3) is 0.500. The molecular weight excluding hydrogens is 371 g/mol. The summed E-state index contributed by atoms with van der Waals surface area (Å²) in [5.41, 5.74) is 4.72. The van der Waals surface area contributed by atoms with Crippen LogP contribution in [0, 0.1) is 5.82 Å². The molecule has 0 spiro atoms. The number of hydrogen-bond acceptors (Lipinski definition) is 3. The van der Waals surface area contributed by atoms with Gasteiger partial charge in [0, 0.05) is 12.1 Å². The number of halogens is 3. The summed E-state index contributed by atoms with van der Waals surface area (Å²) in [4.78, 5) is -0.474. The van der Waals surface area contributed by atoms with Gasteiger partial charge in [-0.25, -0.2) is 12.8 Å². The Bertz CT molecular complexity index is 664. The molecule has 0 atom stereocenters. The van der Waals surface area contributed by atoms with Gasteiger partial charge >= 0.3 is 0 Å². The number of nitrogens with zero attached hydrogens (tertiary/aromatic N) is 1. The van der Waals surface area contributed by atoms with Crippen LogP contribution in [-0.2, 0) is 10.0 Å². The van der Waals surface area contributed by atoms with E-state index in [0.29, 0.717) is 6.54 Å². The molecular formula is C12H15BrClFN2O2S. The number of sulfonamides is 1. The van der Waals surface area contributed by atoms with Gasteiger partial charge in [-0.3, -0.25) is 0 Å². The SMILES string of the molecule is CC1(C)CCCN1S(=O)(=O)c1cc(Cl)c(Br)c(N)c1F. The molecule has 20 heavy (non-hydrogen) atoms. The second-order valence-corrected chi connectivity index (χ2v) is 8.42. The molecule has 0 unspecified atom stereocenters. The molecule has 0 bridgehead atoms. The van der Waals surface area contributed by atoms with Crippen LogP contribution in [0.1, 0.15) is 26.7 Å². The Morgan fingerprint density at radius 3 is 2.60 bits per heavy atom. The van der Waals surface area contributed by atoms with E-state index in [4.69, 9.17) is 17.3 Å². The number of hydrogen-bond donors (Lipinski definition) is 1. The lowest BCUT2D eigenvalue weighted by atomic mass is 10.0. The molecule has 1 aliphatic heterocycles. The lowest BCUT2D eigenvalue weighted by Crippen LogP contribution is -2.42.